The number of sulfonamides is 1. The van der Waals surface area contributed by atoms with Gasteiger partial charge in [0.25, 0.3) is 11.7 Å². The van der Waals surface area contributed by atoms with Gasteiger partial charge in [-0.2, -0.15) is 9.37 Å². The van der Waals surface area contributed by atoms with Gasteiger partial charge in [-0.05, 0) is 66.3 Å². The summed E-state index contributed by atoms with van der Waals surface area (Å²) in [6.45, 7) is 0.285. The number of carbonyl (C=O) groups excluding carboxylic acids is 1. The molecular weight excluding hydrogens is 592 g/mol. The van der Waals surface area contributed by atoms with Crippen molar-refractivity contribution in [2.45, 2.75) is 50.0 Å². The van der Waals surface area contributed by atoms with Crippen LogP contribution in [0.4, 0.5) is 4.39 Å². The van der Waals surface area contributed by atoms with Crippen LogP contribution in [0.2, 0.25) is 10.0 Å². The van der Waals surface area contributed by atoms with Gasteiger partial charge in [-0.3, -0.25) is 14.6 Å². The lowest BCUT2D eigenvalue weighted by Gasteiger charge is -2.39. The Kier molecular flexibility index (Phi) is 8.44. The highest BCUT2D eigenvalue weighted by Crippen LogP contribution is 2.49. The topological polar surface area (TPSA) is 100 Å². The van der Waals surface area contributed by atoms with Crippen LogP contribution in [-0.4, -0.2) is 65.8 Å². The van der Waals surface area contributed by atoms with E-state index in [0.717, 1.165) is 25.3 Å². The van der Waals surface area contributed by atoms with E-state index in [0.29, 0.717) is 44.8 Å². The average molecular weight is 623 g/mol. The molecule has 1 fully saturated rings. The highest BCUT2D eigenvalue weighted by molar-refractivity contribution is 7.88. The van der Waals surface area contributed by atoms with Gasteiger partial charge in [0.15, 0.2) is 0 Å². The third kappa shape index (κ3) is 5.61. The molecule has 8 nitrogen and oxygen atoms in total. The Morgan fingerprint density at radius 3 is 2.41 bits per heavy atom. The van der Waals surface area contributed by atoms with Crippen molar-refractivity contribution < 1.29 is 27.5 Å². The van der Waals surface area contributed by atoms with E-state index in [2.05, 4.69) is 4.98 Å². The monoisotopic (exact) mass is 621 g/mol. The minimum atomic E-state index is -3.59. The number of alkyl halides is 1. The minimum Gasteiger partial charge on any atom is -0.387 e. The van der Waals surface area contributed by atoms with Crippen LogP contribution in [0.3, 0.4) is 0 Å². The first kappa shape index (κ1) is 29.9. The highest BCUT2D eigenvalue weighted by Gasteiger charge is 2.58. The molecule has 0 radical (unpaired) electrons. The molecule has 2 aromatic carbocycles. The van der Waals surface area contributed by atoms with Crippen LogP contribution in [0, 0.1) is 0 Å². The van der Waals surface area contributed by atoms with Crippen molar-refractivity contribution in [3.05, 3.63) is 87.2 Å². The highest BCUT2D eigenvalue weighted by atomic mass is 35.5. The third-order valence-electron chi connectivity index (χ3n) is 7.79. The fourth-order valence-electron chi connectivity index (χ4n) is 5.94. The number of benzene rings is 2. The molecular formula is C29H30Cl2FN3O5S. The molecule has 12 heteroatoms. The standard InChI is InChI=1S/C29H30Cl2FN3O5S/c1-40-35-28(37)24-13-12-23(18-6-8-19(30)9-7-18)25(15-21-11-10-20(31)17-33-21)27(24)29(35,32)26(36)16-22-5-3-4-14-34(22)41(2,38)39/h6-13,17,22,26,36H,3-5,14-16H2,1-2H3/t22?,26?,29-/m1/s1. The Bertz CT molecular complexity index is 1560. The third-order valence-corrected chi connectivity index (χ3v) is 9.60. The summed E-state index contributed by atoms with van der Waals surface area (Å²) in [7, 11) is -2.43. The summed E-state index contributed by atoms with van der Waals surface area (Å²) >= 11 is 12.2. The largest absolute Gasteiger partial charge is 0.387 e. The summed E-state index contributed by atoms with van der Waals surface area (Å²) < 4.78 is 44.0. The molecule has 3 aromatic rings. The maximum Gasteiger partial charge on any atom is 0.281 e. The molecule has 1 N–H and O–H groups in total. The first-order chi connectivity index (χ1) is 19.4. The molecule has 0 aliphatic carbocycles. The number of halogens is 3. The predicted molar refractivity (Wildman–Crippen MR) is 155 cm³/mol. The molecule has 218 valence electrons. The fourth-order valence-corrected chi connectivity index (χ4v) is 7.37. The van der Waals surface area contributed by atoms with Crippen molar-refractivity contribution in [2.24, 2.45) is 0 Å². The van der Waals surface area contributed by atoms with Gasteiger partial charge in [0.2, 0.25) is 10.0 Å². The second-order valence-electron chi connectivity index (χ2n) is 10.4. The Balaban J connectivity index is 1.67. The first-order valence-corrected chi connectivity index (χ1v) is 15.8. The van der Waals surface area contributed by atoms with Gasteiger partial charge in [0.05, 0.1) is 24.0 Å². The molecule has 1 saturated heterocycles. The van der Waals surface area contributed by atoms with Crippen LogP contribution < -0.4 is 0 Å². The number of piperidine rings is 1. The SMILES string of the molecule is CON1C(=O)c2ccc(-c3ccc(Cl)cc3)c(Cc3ccc(Cl)cn3)c2[C@@]1(F)C(O)CC1CCCCN1S(C)(=O)=O. The fraction of sp³-hybridized carbons (Fsp3) is 0.379. The Labute approximate surface area is 248 Å². The lowest BCUT2D eigenvalue weighted by atomic mass is 9.83. The zero-order valence-corrected chi connectivity index (χ0v) is 24.9. The molecule has 2 unspecified atom stereocenters. The lowest BCUT2D eigenvalue weighted by molar-refractivity contribution is -0.247. The Hall–Kier alpha value is -2.60. The molecule has 2 aliphatic rings. The quantitative estimate of drug-likeness (QED) is 0.340. The average Bonchev–Trinajstić information content (AvgIpc) is 3.17. The summed E-state index contributed by atoms with van der Waals surface area (Å²) in [4.78, 5) is 23.2. The van der Waals surface area contributed by atoms with E-state index in [1.807, 2.05) is 0 Å². The van der Waals surface area contributed by atoms with E-state index < -0.39 is 33.9 Å². The zero-order chi connectivity index (χ0) is 29.5. The summed E-state index contributed by atoms with van der Waals surface area (Å²) in [6, 6.07) is 13.0. The van der Waals surface area contributed by atoms with Crippen molar-refractivity contribution in [3.8, 4) is 11.1 Å². The van der Waals surface area contributed by atoms with Gasteiger partial charge >= 0.3 is 0 Å². The van der Waals surface area contributed by atoms with E-state index in [-0.39, 0.29) is 30.5 Å². The minimum absolute atomic E-state index is 0.0391. The molecule has 3 atom stereocenters. The number of aliphatic hydroxyl groups excluding tert-OH is 1. The van der Waals surface area contributed by atoms with Crippen LogP contribution >= 0.6 is 23.2 Å². The second kappa shape index (κ2) is 11.6. The first-order valence-electron chi connectivity index (χ1n) is 13.2. The molecule has 0 saturated carbocycles. The Morgan fingerprint density at radius 2 is 1.78 bits per heavy atom. The van der Waals surface area contributed by atoms with Crippen molar-refractivity contribution in [1.29, 1.82) is 0 Å². The van der Waals surface area contributed by atoms with E-state index >= 15 is 4.39 Å². The number of nitrogens with zero attached hydrogens (tertiary/aromatic N) is 3. The van der Waals surface area contributed by atoms with Crippen LogP contribution in [0.5, 0.6) is 0 Å². The van der Waals surface area contributed by atoms with Crippen LogP contribution in [0.1, 0.15) is 52.9 Å². The summed E-state index contributed by atoms with van der Waals surface area (Å²) in [6.07, 6.45) is 2.52. The van der Waals surface area contributed by atoms with E-state index in [9.17, 15) is 18.3 Å². The predicted octanol–water partition coefficient (Wildman–Crippen LogP) is 5.35. The summed E-state index contributed by atoms with van der Waals surface area (Å²) in [5.74, 6) is -3.56. The number of rotatable bonds is 8. The van der Waals surface area contributed by atoms with E-state index in [1.54, 1.807) is 42.5 Å². The summed E-state index contributed by atoms with van der Waals surface area (Å²) in [5.41, 5.74) is 2.33. The lowest BCUT2D eigenvalue weighted by Crippen LogP contribution is -2.52. The van der Waals surface area contributed by atoms with Gasteiger partial charge in [-0.25, -0.2) is 12.8 Å². The normalized spacial score (nSPS) is 22.1. The number of pyridine rings is 1. The number of amides is 1. The number of hydrogen-bond donors (Lipinski definition) is 1. The van der Waals surface area contributed by atoms with Crippen molar-refractivity contribution >= 4 is 39.1 Å². The van der Waals surface area contributed by atoms with E-state index in [4.69, 9.17) is 28.0 Å². The zero-order valence-electron chi connectivity index (χ0n) is 22.6. The van der Waals surface area contributed by atoms with Gasteiger partial charge < -0.3 is 5.11 Å². The number of fused-ring (bicyclic) bond motifs is 1. The number of aliphatic hydroxyl groups is 1. The molecule has 5 rings (SSSR count). The van der Waals surface area contributed by atoms with Crippen molar-refractivity contribution in [3.63, 3.8) is 0 Å². The maximum absolute atomic E-state index is 17.7. The Morgan fingerprint density at radius 1 is 1.10 bits per heavy atom. The van der Waals surface area contributed by atoms with E-state index in [1.165, 1.54) is 16.6 Å². The molecule has 1 aromatic heterocycles. The van der Waals surface area contributed by atoms with Crippen LogP contribution in [-0.2, 0) is 27.1 Å². The van der Waals surface area contributed by atoms with Crippen molar-refractivity contribution in [2.75, 3.05) is 19.9 Å². The van der Waals surface area contributed by atoms with Gasteiger partial charge in [-0.15, -0.1) is 0 Å². The van der Waals surface area contributed by atoms with Gasteiger partial charge in [0, 0.05) is 41.5 Å². The smallest absolute Gasteiger partial charge is 0.281 e. The molecule has 0 spiro atoms. The van der Waals surface area contributed by atoms with Gasteiger partial charge in [0.1, 0.15) is 6.10 Å². The van der Waals surface area contributed by atoms with Gasteiger partial charge in [-0.1, -0.05) is 47.8 Å². The molecule has 41 heavy (non-hydrogen) atoms. The van der Waals surface area contributed by atoms with Crippen molar-refractivity contribution in [1.82, 2.24) is 14.4 Å². The molecule has 3 heterocycles. The number of carbonyl (C=O) groups is 1. The maximum atomic E-state index is 17.7. The molecule has 2 aliphatic heterocycles. The van der Waals surface area contributed by atoms with Crippen LogP contribution in [0.25, 0.3) is 11.1 Å². The summed E-state index contributed by atoms with van der Waals surface area (Å²) in [5, 5.41) is 13.1. The van der Waals surface area contributed by atoms with Crippen LogP contribution in [0.15, 0.2) is 54.7 Å². The number of hydroxylamine groups is 2. The molecule has 0 bridgehead atoms. The number of aromatic nitrogens is 1. The number of hydrogen-bond acceptors (Lipinski definition) is 6. The second-order valence-corrected chi connectivity index (χ2v) is 13.2. The molecule has 1 amide bonds.